The van der Waals surface area contributed by atoms with Gasteiger partial charge in [-0.15, -0.1) is 0 Å². The molecule has 1 unspecified atom stereocenters. The van der Waals surface area contributed by atoms with E-state index in [1.54, 1.807) is 27.3 Å². The van der Waals surface area contributed by atoms with Crippen molar-refractivity contribution in [1.29, 1.82) is 0 Å². The van der Waals surface area contributed by atoms with Crippen LogP contribution in [0.2, 0.25) is 0 Å². The molecule has 1 atom stereocenters. The summed E-state index contributed by atoms with van der Waals surface area (Å²) in [5.41, 5.74) is 0.188. The third-order valence-electron chi connectivity index (χ3n) is 4.60. The van der Waals surface area contributed by atoms with E-state index in [-0.39, 0.29) is 23.6 Å². The molecule has 0 saturated carbocycles. The smallest absolute Gasteiger partial charge is 0.318 e. The minimum atomic E-state index is -3.04. The Morgan fingerprint density at radius 3 is 2.40 bits per heavy atom. The molecule has 25 heavy (non-hydrogen) atoms. The van der Waals surface area contributed by atoms with Gasteiger partial charge < -0.3 is 19.7 Å². The van der Waals surface area contributed by atoms with Crippen LogP contribution >= 0.6 is 0 Å². The summed E-state index contributed by atoms with van der Waals surface area (Å²) >= 11 is 0. The lowest BCUT2D eigenvalue weighted by Crippen LogP contribution is -2.50. The third-order valence-corrected chi connectivity index (χ3v) is 6.35. The standard InChI is InChI=1S/C17H26N2O5S/c1-17(2,12-6-7-14(23-4)15(10-12)24-5)18-16(20)19(3)13-8-9-25(21,22)11-13/h6-7,10,13H,8-9,11H2,1-5H3,(H,18,20). The van der Waals surface area contributed by atoms with E-state index in [1.807, 2.05) is 26.0 Å². The Bertz CT molecular complexity index is 745. The Kier molecular flexibility index (Phi) is 5.51. The first kappa shape index (κ1) is 19.4. The Morgan fingerprint density at radius 1 is 1.24 bits per heavy atom. The van der Waals surface area contributed by atoms with Crippen LogP contribution in [-0.2, 0) is 15.4 Å². The highest BCUT2D eigenvalue weighted by Crippen LogP contribution is 2.32. The summed E-state index contributed by atoms with van der Waals surface area (Å²) in [6.07, 6.45) is 0.475. The van der Waals surface area contributed by atoms with Crippen molar-refractivity contribution in [3.05, 3.63) is 23.8 Å². The Balaban J connectivity index is 2.13. The van der Waals surface area contributed by atoms with Crippen molar-refractivity contribution < 1.29 is 22.7 Å². The summed E-state index contributed by atoms with van der Waals surface area (Å²) in [4.78, 5) is 14.1. The SMILES string of the molecule is COc1ccc(C(C)(C)NC(=O)N(C)C2CCS(=O)(=O)C2)cc1OC. The van der Waals surface area contributed by atoms with Crippen molar-refractivity contribution in [2.24, 2.45) is 0 Å². The van der Waals surface area contributed by atoms with Gasteiger partial charge in [0.15, 0.2) is 21.3 Å². The normalized spacial score (nSPS) is 19.3. The van der Waals surface area contributed by atoms with Crippen LogP contribution in [0.1, 0.15) is 25.8 Å². The number of nitrogens with one attached hydrogen (secondary N) is 1. The molecule has 0 radical (unpaired) electrons. The Hall–Kier alpha value is -1.96. The topological polar surface area (TPSA) is 84.9 Å². The number of urea groups is 1. The molecule has 140 valence electrons. The van der Waals surface area contributed by atoms with E-state index >= 15 is 0 Å². The van der Waals surface area contributed by atoms with Gasteiger partial charge in [0.05, 0.1) is 31.3 Å². The Labute approximate surface area is 149 Å². The summed E-state index contributed by atoms with van der Waals surface area (Å²) in [7, 11) is 1.71. The second-order valence-corrected chi connectivity index (χ2v) is 9.02. The molecule has 0 aromatic heterocycles. The summed E-state index contributed by atoms with van der Waals surface area (Å²) in [6.45, 7) is 3.76. The van der Waals surface area contributed by atoms with Crippen molar-refractivity contribution >= 4 is 15.9 Å². The predicted octanol–water partition coefficient (Wildman–Crippen LogP) is 1.77. The lowest BCUT2D eigenvalue weighted by Gasteiger charge is -2.32. The zero-order valence-corrected chi connectivity index (χ0v) is 16.1. The number of methoxy groups -OCH3 is 2. The van der Waals surface area contributed by atoms with Crippen LogP contribution in [0.4, 0.5) is 4.79 Å². The average molecular weight is 370 g/mol. The second kappa shape index (κ2) is 7.11. The third kappa shape index (κ3) is 4.36. The minimum Gasteiger partial charge on any atom is -0.493 e. The second-order valence-electron chi connectivity index (χ2n) is 6.79. The number of rotatable bonds is 5. The van der Waals surface area contributed by atoms with E-state index in [0.29, 0.717) is 17.9 Å². The number of carbonyl (C=O) groups is 1. The summed E-state index contributed by atoms with van der Waals surface area (Å²) in [5.74, 6) is 1.35. The van der Waals surface area contributed by atoms with Crippen LogP contribution in [0.25, 0.3) is 0 Å². The maximum Gasteiger partial charge on any atom is 0.318 e. The minimum absolute atomic E-state index is 0.0215. The van der Waals surface area contributed by atoms with Crippen molar-refractivity contribution in [3.63, 3.8) is 0 Å². The van der Waals surface area contributed by atoms with Gasteiger partial charge in [-0.2, -0.15) is 0 Å². The number of hydrogen-bond acceptors (Lipinski definition) is 5. The molecule has 2 rings (SSSR count). The van der Waals surface area contributed by atoms with Gasteiger partial charge in [0.2, 0.25) is 0 Å². The number of ether oxygens (including phenoxy) is 2. The number of amides is 2. The maximum absolute atomic E-state index is 12.6. The van der Waals surface area contributed by atoms with Gasteiger partial charge >= 0.3 is 6.03 Å². The van der Waals surface area contributed by atoms with Crippen LogP contribution in [0, 0.1) is 0 Å². The fraction of sp³-hybridized carbons (Fsp3) is 0.588. The first-order chi connectivity index (χ1) is 11.6. The first-order valence-corrected chi connectivity index (χ1v) is 9.89. The lowest BCUT2D eigenvalue weighted by atomic mass is 9.94. The van der Waals surface area contributed by atoms with Gasteiger partial charge in [-0.05, 0) is 38.0 Å². The first-order valence-electron chi connectivity index (χ1n) is 8.07. The maximum atomic E-state index is 12.6. The molecule has 7 nitrogen and oxygen atoms in total. The quantitative estimate of drug-likeness (QED) is 0.854. The van der Waals surface area contributed by atoms with E-state index in [0.717, 1.165) is 5.56 Å². The lowest BCUT2D eigenvalue weighted by molar-refractivity contribution is 0.184. The fourth-order valence-electron chi connectivity index (χ4n) is 2.90. The van der Waals surface area contributed by atoms with Gasteiger partial charge in [0.1, 0.15) is 0 Å². The van der Waals surface area contributed by atoms with Crippen LogP contribution in [0.15, 0.2) is 18.2 Å². The molecule has 1 aliphatic rings. The molecule has 0 bridgehead atoms. The van der Waals surface area contributed by atoms with E-state index in [4.69, 9.17) is 9.47 Å². The monoisotopic (exact) mass is 370 g/mol. The highest BCUT2D eigenvalue weighted by molar-refractivity contribution is 7.91. The van der Waals surface area contributed by atoms with E-state index < -0.39 is 15.4 Å². The molecule has 1 saturated heterocycles. The van der Waals surface area contributed by atoms with Crippen LogP contribution in [0.3, 0.4) is 0 Å². The van der Waals surface area contributed by atoms with Crippen molar-refractivity contribution in [1.82, 2.24) is 10.2 Å². The van der Waals surface area contributed by atoms with Gasteiger partial charge in [-0.1, -0.05) is 6.07 Å². The number of nitrogens with zero attached hydrogens (tertiary/aromatic N) is 1. The summed E-state index contributed by atoms with van der Waals surface area (Å²) in [5, 5.41) is 2.96. The van der Waals surface area contributed by atoms with Crippen molar-refractivity contribution in [3.8, 4) is 11.5 Å². The highest BCUT2D eigenvalue weighted by Gasteiger charge is 2.34. The molecule has 1 aromatic carbocycles. The molecule has 0 aliphatic carbocycles. The number of sulfone groups is 1. The molecular formula is C17H26N2O5S. The summed E-state index contributed by atoms with van der Waals surface area (Å²) < 4.78 is 33.8. The van der Waals surface area contributed by atoms with Gasteiger partial charge in [0.25, 0.3) is 0 Å². The highest BCUT2D eigenvalue weighted by atomic mass is 32.2. The molecule has 1 fully saturated rings. The van der Waals surface area contributed by atoms with Crippen molar-refractivity contribution in [2.45, 2.75) is 31.8 Å². The molecule has 1 aromatic rings. The number of benzene rings is 1. The number of carbonyl (C=O) groups excluding carboxylic acids is 1. The zero-order chi connectivity index (χ0) is 18.8. The van der Waals surface area contributed by atoms with Crippen LogP contribution in [-0.4, -0.2) is 58.2 Å². The predicted molar refractivity (Wildman–Crippen MR) is 95.9 cm³/mol. The molecule has 8 heteroatoms. The largest absolute Gasteiger partial charge is 0.493 e. The van der Waals surface area contributed by atoms with Gasteiger partial charge in [-0.3, -0.25) is 0 Å². The average Bonchev–Trinajstić information content (AvgIpc) is 2.92. The van der Waals surface area contributed by atoms with Crippen LogP contribution in [0.5, 0.6) is 11.5 Å². The fourth-order valence-corrected chi connectivity index (χ4v) is 4.67. The molecule has 1 aliphatic heterocycles. The van der Waals surface area contributed by atoms with E-state index in [1.165, 1.54) is 4.90 Å². The molecule has 1 heterocycles. The van der Waals surface area contributed by atoms with Crippen molar-refractivity contribution in [2.75, 3.05) is 32.8 Å². The molecule has 1 N–H and O–H groups in total. The zero-order valence-electron chi connectivity index (χ0n) is 15.3. The molecule has 0 spiro atoms. The summed E-state index contributed by atoms with van der Waals surface area (Å²) in [6, 6.07) is 4.88. The van der Waals surface area contributed by atoms with Gasteiger partial charge in [0, 0.05) is 13.1 Å². The Morgan fingerprint density at radius 2 is 1.88 bits per heavy atom. The van der Waals surface area contributed by atoms with Crippen LogP contribution < -0.4 is 14.8 Å². The molecule has 2 amide bonds. The number of hydrogen-bond donors (Lipinski definition) is 1. The van der Waals surface area contributed by atoms with E-state index in [2.05, 4.69) is 5.32 Å². The van der Waals surface area contributed by atoms with Gasteiger partial charge in [-0.25, -0.2) is 13.2 Å². The van der Waals surface area contributed by atoms with E-state index in [9.17, 15) is 13.2 Å². The molecular weight excluding hydrogens is 344 g/mol.